The Morgan fingerprint density at radius 3 is 2.37 bits per heavy atom. The van der Waals surface area contributed by atoms with E-state index in [-0.39, 0.29) is 6.03 Å². The Balaban J connectivity index is 1.35. The molecule has 35 heavy (non-hydrogen) atoms. The molecule has 0 aromatic heterocycles. The average molecular weight is 474 g/mol. The molecule has 2 amide bonds. The maximum absolute atomic E-state index is 13.2. The van der Waals surface area contributed by atoms with Gasteiger partial charge in [0, 0.05) is 38.4 Å². The van der Waals surface area contributed by atoms with Crippen LogP contribution in [0.25, 0.3) is 0 Å². The lowest BCUT2D eigenvalue weighted by Gasteiger charge is -2.28. The number of nitrogens with zero attached hydrogens (tertiary/aromatic N) is 2. The van der Waals surface area contributed by atoms with Crippen LogP contribution in [0.1, 0.15) is 23.1 Å². The minimum Gasteiger partial charge on any atom is -0.489 e. The number of ether oxygens (including phenoxy) is 2. The van der Waals surface area contributed by atoms with Crippen molar-refractivity contribution in [3.05, 3.63) is 95.6 Å². The highest BCUT2D eigenvalue weighted by Gasteiger charge is 2.16. The molecule has 1 fully saturated rings. The van der Waals surface area contributed by atoms with Crippen LogP contribution in [0.15, 0.2) is 78.9 Å². The van der Waals surface area contributed by atoms with E-state index in [2.05, 4.69) is 22.3 Å². The number of amides is 2. The maximum atomic E-state index is 13.2. The van der Waals surface area contributed by atoms with E-state index in [4.69, 9.17) is 9.47 Å². The Kier molecular flexibility index (Phi) is 9.15. The first-order valence-electron chi connectivity index (χ1n) is 12.3. The normalized spacial score (nSPS) is 13.9. The first-order valence-corrected chi connectivity index (χ1v) is 12.3. The van der Waals surface area contributed by atoms with Crippen molar-refractivity contribution in [2.45, 2.75) is 26.5 Å². The van der Waals surface area contributed by atoms with E-state index in [1.165, 1.54) is 5.56 Å². The van der Waals surface area contributed by atoms with E-state index < -0.39 is 0 Å². The highest BCUT2D eigenvalue weighted by Crippen LogP contribution is 2.17. The van der Waals surface area contributed by atoms with Gasteiger partial charge in [-0.1, -0.05) is 60.2 Å². The van der Waals surface area contributed by atoms with Gasteiger partial charge in [0.15, 0.2) is 0 Å². The molecule has 0 saturated carbocycles. The number of urea groups is 1. The average Bonchev–Trinajstić information content (AvgIpc) is 2.90. The third-order valence-electron chi connectivity index (χ3n) is 6.14. The Hall–Kier alpha value is -3.35. The monoisotopic (exact) mass is 473 g/mol. The smallest absolute Gasteiger partial charge is 0.322 e. The summed E-state index contributed by atoms with van der Waals surface area (Å²) < 4.78 is 11.4. The van der Waals surface area contributed by atoms with Gasteiger partial charge in [-0.2, -0.15) is 0 Å². The van der Waals surface area contributed by atoms with Gasteiger partial charge in [0.1, 0.15) is 12.4 Å². The topological polar surface area (TPSA) is 54.0 Å². The SMILES string of the molecule is Cc1ccc(NC(=O)N(CCCN2CCOCC2)Cc2ccc(OCc3ccccc3)cc2)cc1. The van der Waals surface area contributed by atoms with Gasteiger partial charge in [-0.25, -0.2) is 4.79 Å². The minimum atomic E-state index is -0.0831. The summed E-state index contributed by atoms with van der Waals surface area (Å²) in [7, 11) is 0. The summed E-state index contributed by atoms with van der Waals surface area (Å²) in [5, 5.41) is 3.06. The van der Waals surface area contributed by atoms with E-state index in [1.54, 1.807) is 0 Å². The minimum absolute atomic E-state index is 0.0831. The Morgan fingerprint density at radius 1 is 0.943 bits per heavy atom. The van der Waals surface area contributed by atoms with Crippen molar-refractivity contribution in [3.8, 4) is 5.75 Å². The van der Waals surface area contributed by atoms with Crippen LogP contribution in [-0.4, -0.2) is 55.2 Å². The van der Waals surface area contributed by atoms with Gasteiger partial charge >= 0.3 is 6.03 Å². The van der Waals surface area contributed by atoms with Crippen molar-refractivity contribution >= 4 is 11.7 Å². The number of carbonyl (C=O) groups excluding carboxylic acids is 1. The Labute approximate surface area is 208 Å². The van der Waals surface area contributed by atoms with Crippen LogP contribution in [0.4, 0.5) is 10.5 Å². The third-order valence-corrected chi connectivity index (χ3v) is 6.14. The summed E-state index contributed by atoms with van der Waals surface area (Å²) in [4.78, 5) is 17.5. The van der Waals surface area contributed by atoms with Gasteiger partial charge in [0.2, 0.25) is 0 Å². The molecule has 3 aromatic rings. The summed E-state index contributed by atoms with van der Waals surface area (Å²) in [5.41, 5.74) is 4.18. The van der Waals surface area contributed by atoms with E-state index in [9.17, 15) is 4.79 Å². The molecule has 0 atom stereocenters. The standard InChI is InChI=1S/C29H35N3O3/c1-24-8-12-27(13-9-24)30-29(33)32(17-5-16-31-18-20-34-21-19-31)22-25-10-14-28(15-11-25)35-23-26-6-3-2-4-7-26/h2-4,6-15H,5,16-23H2,1H3,(H,30,33). The fourth-order valence-electron chi connectivity index (χ4n) is 4.05. The summed E-state index contributed by atoms with van der Waals surface area (Å²) >= 11 is 0. The lowest BCUT2D eigenvalue weighted by Crippen LogP contribution is -2.40. The van der Waals surface area contributed by atoms with Gasteiger partial charge in [-0.05, 0) is 48.7 Å². The van der Waals surface area contributed by atoms with Crippen molar-refractivity contribution in [1.82, 2.24) is 9.80 Å². The number of benzene rings is 3. The van der Waals surface area contributed by atoms with Crippen molar-refractivity contribution in [3.63, 3.8) is 0 Å². The van der Waals surface area contributed by atoms with Crippen LogP contribution in [0, 0.1) is 6.92 Å². The largest absolute Gasteiger partial charge is 0.489 e. The molecule has 0 aliphatic carbocycles. The van der Waals surface area contributed by atoms with Crippen LogP contribution in [0.5, 0.6) is 5.75 Å². The van der Waals surface area contributed by atoms with E-state index in [0.29, 0.717) is 19.7 Å². The van der Waals surface area contributed by atoms with E-state index in [0.717, 1.165) is 61.8 Å². The number of hydrogen-bond donors (Lipinski definition) is 1. The fourth-order valence-corrected chi connectivity index (χ4v) is 4.05. The maximum Gasteiger partial charge on any atom is 0.322 e. The summed E-state index contributed by atoms with van der Waals surface area (Å²) in [6, 6.07) is 26.0. The van der Waals surface area contributed by atoms with Crippen molar-refractivity contribution in [2.75, 3.05) is 44.7 Å². The molecular weight excluding hydrogens is 438 g/mol. The molecule has 3 aromatic carbocycles. The molecule has 1 heterocycles. The zero-order valence-electron chi connectivity index (χ0n) is 20.5. The third kappa shape index (κ3) is 8.12. The zero-order valence-corrected chi connectivity index (χ0v) is 20.5. The summed E-state index contributed by atoms with van der Waals surface area (Å²) in [5.74, 6) is 0.820. The lowest BCUT2D eigenvalue weighted by molar-refractivity contribution is 0.0365. The summed E-state index contributed by atoms with van der Waals surface area (Å²) in [6.45, 7) is 8.25. The molecule has 1 aliphatic heterocycles. The molecule has 6 nitrogen and oxygen atoms in total. The lowest BCUT2D eigenvalue weighted by atomic mass is 10.2. The van der Waals surface area contributed by atoms with Crippen LogP contribution in [0.3, 0.4) is 0 Å². The number of hydrogen-bond acceptors (Lipinski definition) is 4. The molecule has 1 aliphatic rings. The van der Waals surface area contributed by atoms with Crippen molar-refractivity contribution < 1.29 is 14.3 Å². The molecule has 6 heteroatoms. The van der Waals surface area contributed by atoms with Gasteiger partial charge < -0.3 is 19.7 Å². The van der Waals surface area contributed by atoms with Crippen molar-refractivity contribution in [2.24, 2.45) is 0 Å². The zero-order chi connectivity index (χ0) is 24.3. The second kappa shape index (κ2) is 12.9. The number of anilines is 1. The molecule has 1 N–H and O–H groups in total. The Bertz CT molecular complexity index is 1030. The van der Waals surface area contributed by atoms with Gasteiger partial charge in [-0.15, -0.1) is 0 Å². The van der Waals surface area contributed by atoms with Gasteiger partial charge in [0.25, 0.3) is 0 Å². The number of morpholine rings is 1. The number of carbonyl (C=O) groups is 1. The quantitative estimate of drug-likeness (QED) is 0.432. The second-order valence-electron chi connectivity index (χ2n) is 8.94. The molecule has 1 saturated heterocycles. The molecule has 0 unspecified atom stereocenters. The number of nitrogens with one attached hydrogen (secondary N) is 1. The molecule has 184 valence electrons. The van der Waals surface area contributed by atoms with E-state index >= 15 is 0 Å². The van der Waals surface area contributed by atoms with Gasteiger partial charge in [-0.3, -0.25) is 4.90 Å². The van der Waals surface area contributed by atoms with Crippen LogP contribution >= 0.6 is 0 Å². The van der Waals surface area contributed by atoms with Crippen LogP contribution in [-0.2, 0) is 17.9 Å². The molecule has 0 bridgehead atoms. The van der Waals surface area contributed by atoms with Gasteiger partial charge in [0.05, 0.1) is 13.2 Å². The predicted molar refractivity (Wildman–Crippen MR) is 140 cm³/mol. The second-order valence-corrected chi connectivity index (χ2v) is 8.94. The summed E-state index contributed by atoms with van der Waals surface area (Å²) in [6.07, 6.45) is 0.916. The molecular formula is C29H35N3O3. The van der Waals surface area contributed by atoms with Crippen molar-refractivity contribution in [1.29, 1.82) is 0 Å². The van der Waals surface area contributed by atoms with E-state index in [1.807, 2.05) is 78.6 Å². The molecule has 4 rings (SSSR count). The fraction of sp³-hybridized carbons (Fsp3) is 0.345. The molecule has 0 spiro atoms. The molecule has 0 radical (unpaired) electrons. The van der Waals surface area contributed by atoms with Crippen LogP contribution in [0.2, 0.25) is 0 Å². The first-order chi connectivity index (χ1) is 17.2. The first kappa shape index (κ1) is 24.8. The predicted octanol–water partition coefficient (Wildman–Crippen LogP) is 5.33. The number of rotatable bonds is 10. The highest BCUT2D eigenvalue weighted by molar-refractivity contribution is 5.89. The van der Waals surface area contributed by atoms with Crippen LogP contribution < -0.4 is 10.1 Å². The highest BCUT2D eigenvalue weighted by atomic mass is 16.5. The number of aryl methyl sites for hydroxylation is 1. The Morgan fingerprint density at radius 2 is 1.66 bits per heavy atom.